The minimum absolute atomic E-state index is 0.204. The monoisotopic (exact) mass is 475 g/mol. The van der Waals surface area contributed by atoms with Gasteiger partial charge in [-0.25, -0.2) is 22.2 Å². The van der Waals surface area contributed by atoms with E-state index in [4.69, 9.17) is 0 Å². The van der Waals surface area contributed by atoms with E-state index in [2.05, 4.69) is 27.1 Å². The van der Waals surface area contributed by atoms with E-state index in [1.807, 2.05) is 23.7 Å². The zero-order valence-electron chi connectivity index (χ0n) is 18.3. The maximum absolute atomic E-state index is 14.8. The summed E-state index contributed by atoms with van der Waals surface area (Å²) >= 11 is 0. The predicted molar refractivity (Wildman–Crippen MR) is 124 cm³/mol. The quantitative estimate of drug-likeness (QED) is 0.455. The number of anilines is 2. The van der Waals surface area contributed by atoms with Gasteiger partial charge in [0.2, 0.25) is 10.0 Å². The van der Waals surface area contributed by atoms with Crippen LogP contribution in [-0.4, -0.2) is 55.6 Å². The van der Waals surface area contributed by atoms with Crippen LogP contribution in [0.3, 0.4) is 0 Å². The van der Waals surface area contributed by atoms with E-state index in [1.165, 1.54) is 6.20 Å². The number of sulfonamides is 1. The number of carbonyl (C=O) groups is 1. The Hall–Kier alpha value is -3.49. The molecule has 0 atom stereocenters. The molecule has 1 amide bonds. The van der Waals surface area contributed by atoms with Crippen LogP contribution in [0.25, 0.3) is 11.0 Å². The molecule has 1 aromatic carbocycles. The Bertz CT molecular complexity index is 1360. The van der Waals surface area contributed by atoms with E-state index >= 15 is 0 Å². The molecule has 3 aromatic rings. The molecule has 2 aromatic heterocycles. The second-order valence-electron chi connectivity index (χ2n) is 7.54. The topological polar surface area (TPSA) is 107 Å². The summed E-state index contributed by atoms with van der Waals surface area (Å²) in [6.07, 6.45) is 1.64. The lowest BCUT2D eigenvalue weighted by atomic mass is 10.1. The number of H-pyrrole nitrogens is 1. The molecule has 0 saturated carbocycles. The van der Waals surface area contributed by atoms with E-state index in [0.717, 1.165) is 12.1 Å². The van der Waals surface area contributed by atoms with Gasteiger partial charge in [-0.15, -0.1) is 0 Å². The Morgan fingerprint density at radius 1 is 1.24 bits per heavy atom. The van der Waals surface area contributed by atoms with Gasteiger partial charge in [-0.1, -0.05) is 12.8 Å². The number of benzene rings is 1. The van der Waals surface area contributed by atoms with E-state index in [1.54, 1.807) is 19.1 Å². The SMILES string of the molecule is CCCS(=O)(=O)Nc1ccc(F)c(C(=O)Nc2cnc3[nH]c(C#CCN(C)C)cc3c2)c1F. The third-order valence-corrected chi connectivity index (χ3v) is 5.88. The summed E-state index contributed by atoms with van der Waals surface area (Å²) in [7, 11) is -0.0249. The molecule has 0 fully saturated rings. The zero-order chi connectivity index (χ0) is 24.2. The number of rotatable bonds is 7. The van der Waals surface area contributed by atoms with Gasteiger partial charge in [-0.2, -0.15) is 0 Å². The number of aromatic nitrogens is 2. The lowest BCUT2D eigenvalue weighted by Crippen LogP contribution is -2.20. The summed E-state index contributed by atoms with van der Waals surface area (Å²) in [5.41, 5.74) is -0.0415. The first-order chi connectivity index (χ1) is 15.6. The molecule has 0 aliphatic heterocycles. The summed E-state index contributed by atoms with van der Waals surface area (Å²) in [6, 6.07) is 5.08. The highest BCUT2D eigenvalue weighted by Gasteiger charge is 2.23. The van der Waals surface area contributed by atoms with Crippen LogP contribution < -0.4 is 10.0 Å². The molecule has 3 N–H and O–H groups in total. The first kappa shape index (κ1) is 24.2. The number of fused-ring (bicyclic) bond motifs is 1. The summed E-state index contributed by atoms with van der Waals surface area (Å²) < 4.78 is 55.0. The van der Waals surface area contributed by atoms with Gasteiger partial charge in [-0.3, -0.25) is 14.4 Å². The van der Waals surface area contributed by atoms with E-state index in [9.17, 15) is 22.0 Å². The molecule has 3 rings (SSSR count). The zero-order valence-corrected chi connectivity index (χ0v) is 19.1. The molecule has 0 aliphatic carbocycles. The Labute approximate surface area is 190 Å². The highest BCUT2D eigenvalue weighted by molar-refractivity contribution is 7.92. The van der Waals surface area contributed by atoms with Crippen LogP contribution in [-0.2, 0) is 10.0 Å². The van der Waals surface area contributed by atoms with Crippen molar-refractivity contribution in [1.29, 1.82) is 0 Å². The van der Waals surface area contributed by atoms with Crippen LogP contribution in [0.2, 0.25) is 0 Å². The number of hydrogen-bond donors (Lipinski definition) is 3. The molecule has 174 valence electrons. The highest BCUT2D eigenvalue weighted by Crippen LogP contribution is 2.24. The van der Waals surface area contributed by atoms with Crippen molar-refractivity contribution in [3.8, 4) is 11.8 Å². The normalized spacial score (nSPS) is 11.3. The Morgan fingerprint density at radius 3 is 2.70 bits per heavy atom. The molecular weight excluding hydrogens is 452 g/mol. The molecule has 0 radical (unpaired) electrons. The van der Waals surface area contributed by atoms with Crippen molar-refractivity contribution in [2.75, 3.05) is 36.4 Å². The number of aromatic amines is 1. The third-order valence-electron chi connectivity index (χ3n) is 4.40. The number of hydrogen-bond acceptors (Lipinski definition) is 5. The maximum atomic E-state index is 14.8. The van der Waals surface area contributed by atoms with E-state index in [-0.39, 0.29) is 11.4 Å². The molecule has 0 unspecified atom stereocenters. The molecule has 8 nitrogen and oxygen atoms in total. The fourth-order valence-electron chi connectivity index (χ4n) is 2.96. The lowest BCUT2D eigenvalue weighted by molar-refractivity contribution is 0.101. The van der Waals surface area contributed by atoms with Crippen molar-refractivity contribution in [1.82, 2.24) is 14.9 Å². The average Bonchev–Trinajstić information content (AvgIpc) is 3.12. The van der Waals surface area contributed by atoms with Crippen LogP contribution in [0, 0.1) is 23.5 Å². The first-order valence-electron chi connectivity index (χ1n) is 10.0. The Balaban J connectivity index is 1.84. The molecule has 0 saturated heterocycles. The molecule has 0 spiro atoms. The highest BCUT2D eigenvalue weighted by atomic mass is 32.2. The largest absolute Gasteiger partial charge is 0.333 e. The second kappa shape index (κ2) is 9.97. The number of amides is 1. The molecular formula is C22H23F2N5O3S. The van der Waals surface area contributed by atoms with Gasteiger partial charge in [0, 0.05) is 5.39 Å². The van der Waals surface area contributed by atoms with Crippen LogP contribution in [0.4, 0.5) is 20.2 Å². The van der Waals surface area contributed by atoms with Crippen molar-refractivity contribution >= 4 is 38.3 Å². The Kier molecular flexibility index (Phi) is 7.30. The van der Waals surface area contributed by atoms with Crippen LogP contribution >= 0.6 is 0 Å². The van der Waals surface area contributed by atoms with Crippen molar-refractivity contribution in [3.63, 3.8) is 0 Å². The number of nitrogens with one attached hydrogen (secondary N) is 3. The fraction of sp³-hybridized carbons (Fsp3) is 0.273. The van der Waals surface area contributed by atoms with Gasteiger partial charge >= 0.3 is 0 Å². The van der Waals surface area contributed by atoms with Crippen molar-refractivity contribution in [3.05, 3.63) is 53.4 Å². The van der Waals surface area contributed by atoms with Gasteiger partial charge < -0.3 is 10.3 Å². The van der Waals surface area contributed by atoms with Gasteiger partial charge in [-0.05, 0) is 50.7 Å². The smallest absolute Gasteiger partial charge is 0.261 e. The predicted octanol–water partition coefficient (Wildman–Crippen LogP) is 3.16. The number of halogens is 2. The number of carbonyl (C=O) groups excluding carboxylic acids is 1. The van der Waals surface area contributed by atoms with Crippen LogP contribution in [0.5, 0.6) is 0 Å². The molecule has 0 aliphatic rings. The third kappa shape index (κ3) is 6.06. The number of nitrogens with zero attached hydrogens (tertiary/aromatic N) is 2. The van der Waals surface area contributed by atoms with Crippen LogP contribution in [0.1, 0.15) is 29.4 Å². The minimum Gasteiger partial charge on any atom is -0.333 e. The average molecular weight is 476 g/mol. The first-order valence-corrected chi connectivity index (χ1v) is 11.7. The molecule has 33 heavy (non-hydrogen) atoms. The summed E-state index contributed by atoms with van der Waals surface area (Å²) in [5.74, 6) is 2.21. The Morgan fingerprint density at radius 2 is 2.00 bits per heavy atom. The summed E-state index contributed by atoms with van der Waals surface area (Å²) in [5, 5.41) is 3.04. The second-order valence-corrected chi connectivity index (χ2v) is 9.39. The van der Waals surface area contributed by atoms with Gasteiger partial charge in [0.25, 0.3) is 5.91 Å². The summed E-state index contributed by atoms with van der Waals surface area (Å²) in [4.78, 5) is 21.8. The molecule has 2 heterocycles. The van der Waals surface area contributed by atoms with Crippen molar-refractivity contribution < 1.29 is 22.0 Å². The van der Waals surface area contributed by atoms with Crippen LogP contribution in [0.15, 0.2) is 30.5 Å². The van der Waals surface area contributed by atoms with Gasteiger partial charge in [0.15, 0.2) is 5.82 Å². The minimum atomic E-state index is -3.83. The maximum Gasteiger partial charge on any atom is 0.261 e. The molecule has 0 bridgehead atoms. The lowest BCUT2D eigenvalue weighted by Gasteiger charge is -2.12. The summed E-state index contributed by atoms with van der Waals surface area (Å²) in [6.45, 7) is 2.22. The van der Waals surface area contributed by atoms with E-state index in [0.29, 0.717) is 29.7 Å². The standard InChI is InChI=1S/C22H23F2N5O3S/c1-4-10-33(31,32)28-18-8-7-17(23)19(20(18)24)22(30)27-16-12-14-11-15(6-5-9-29(2)3)26-21(14)25-13-16/h7-8,11-13,28H,4,9-10H2,1-3H3,(H,25,26)(H,27,30). The van der Waals surface area contributed by atoms with E-state index < -0.39 is 38.8 Å². The fourth-order valence-corrected chi connectivity index (χ4v) is 4.10. The van der Waals surface area contributed by atoms with Crippen molar-refractivity contribution in [2.24, 2.45) is 0 Å². The van der Waals surface area contributed by atoms with Gasteiger partial charge in [0.1, 0.15) is 17.0 Å². The number of pyridine rings is 1. The van der Waals surface area contributed by atoms with Gasteiger partial charge in [0.05, 0.1) is 35.6 Å². The molecule has 11 heteroatoms. The van der Waals surface area contributed by atoms with Crippen molar-refractivity contribution in [2.45, 2.75) is 13.3 Å².